The molecule has 2 aromatic heterocycles. The summed E-state index contributed by atoms with van der Waals surface area (Å²) in [5.74, 6) is -1.35. The first-order valence-electron chi connectivity index (χ1n) is 9.80. The van der Waals surface area contributed by atoms with Gasteiger partial charge in [0.1, 0.15) is 5.82 Å². The zero-order valence-corrected chi connectivity index (χ0v) is 17.2. The molecule has 0 aliphatic carbocycles. The Morgan fingerprint density at radius 2 is 1.88 bits per heavy atom. The molecular formula is C20H17F3N6O4. The number of benzene rings is 1. The third-order valence-corrected chi connectivity index (χ3v) is 5.30. The smallest absolute Gasteiger partial charge is 0.353 e. The molecule has 33 heavy (non-hydrogen) atoms. The summed E-state index contributed by atoms with van der Waals surface area (Å²) < 4.78 is 42.1. The molecule has 1 amide bonds. The summed E-state index contributed by atoms with van der Waals surface area (Å²) in [5, 5.41) is 14.5. The Hall–Kier alpha value is -4.03. The van der Waals surface area contributed by atoms with Crippen molar-refractivity contribution < 1.29 is 27.4 Å². The van der Waals surface area contributed by atoms with Gasteiger partial charge in [0, 0.05) is 55.1 Å². The lowest BCUT2D eigenvalue weighted by Crippen LogP contribution is -2.49. The molecule has 3 aromatic rings. The fourth-order valence-electron chi connectivity index (χ4n) is 3.52. The standard InChI is InChI=1S/C20H17F3N6O4/c1-12-14(3-2-4-15(12)29(31)32)18(30)28-9-7-27(8-10-28)16-6-5-13(11-24-16)17-25-19(33-26-17)20(21,22)23/h2-6,11H,7-10H2,1H3. The van der Waals surface area contributed by atoms with Crippen LogP contribution in [-0.2, 0) is 6.18 Å². The number of alkyl halides is 3. The Morgan fingerprint density at radius 3 is 2.45 bits per heavy atom. The zero-order chi connectivity index (χ0) is 23.8. The number of carbonyl (C=O) groups is 1. The Bertz CT molecular complexity index is 1190. The van der Waals surface area contributed by atoms with Crippen LogP contribution in [0.25, 0.3) is 11.4 Å². The van der Waals surface area contributed by atoms with Crippen LogP contribution in [0, 0.1) is 17.0 Å². The van der Waals surface area contributed by atoms with E-state index in [1.165, 1.54) is 24.4 Å². The maximum atomic E-state index is 12.9. The number of pyridine rings is 1. The first kappa shape index (κ1) is 22.2. The Labute approximate surface area is 184 Å². The van der Waals surface area contributed by atoms with E-state index in [1.807, 2.05) is 4.90 Å². The molecule has 0 spiro atoms. The summed E-state index contributed by atoms with van der Waals surface area (Å²) in [5.41, 5.74) is 0.779. The molecule has 10 nitrogen and oxygen atoms in total. The predicted octanol–water partition coefficient (Wildman–Crippen LogP) is 3.33. The average molecular weight is 462 g/mol. The summed E-state index contributed by atoms with van der Waals surface area (Å²) in [4.78, 5) is 34.6. The second-order valence-electron chi connectivity index (χ2n) is 7.31. The molecule has 0 bridgehead atoms. The minimum atomic E-state index is -4.72. The second-order valence-corrected chi connectivity index (χ2v) is 7.31. The van der Waals surface area contributed by atoms with Crippen LogP contribution in [-0.4, -0.2) is 57.0 Å². The van der Waals surface area contributed by atoms with Gasteiger partial charge in [0.25, 0.3) is 11.6 Å². The molecule has 0 unspecified atom stereocenters. The summed E-state index contributed by atoms with van der Waals surface area (Å²) in [6, 6.07) is 7.58. The number of hydrogen-bond donors (Lipinski definition) is 0. The molecule has 3 heterocycles. The molecule has 172 valence electrons. The highest BCUT2D eigenvalue weighted by atomic mass is 19.4. The van der Waals surface area contributed by atoms with E-state index in [1.54, 1.807) is 24.0 Å². The Morgan fingerprint density at radius 1 is 1.15 bits per heavy atom. The van der Waals surface area contributed by atoms with Gasteiger partial charge in [-0.25, -0.2) is 4.98 Å². The fraction of sp³-hybridized carbons (Fsp3) is 0.300. The van der Waals surface area contributed by atoms with Crippen LogP contribution in [0.15, 0.2) is 41.1 Å². The van der Waals surface area contributed by atoms with Gasteiger partial charge in [-0.05, 0) is 25.1 Å². The van der Waals surface area contributed by atoms with Crippen molar-refractivity contribution in [3.63, 3.8) is 0 Å². The van der Waals surface area contributed by atoms with Crippen molar-refractivity contribution in [1.82, 2.24) is 20.0 Å². The molecule has 1 saturated heterocycles. The van der Waals surface area contributed by atoms with E-state index in [0.717, 1.165) is 0 Å². The quantitative estimate of drug-likeness (QED) is 0.428. The van der Waals surface area contributed by atoms with Gasteiger partial charge in [0.05, 0.1) is 4.92 Å². The van der Waals surface area contributed by atoms with Gasteiger partial charge in [0.2, 0.25) is 5.82 Å². The summed E-state index contributed by atoms with van der Waals surface area (Å²) in [6.07, 6.45) is -3.37. The number of halogens is 3. The van der Waals surface area contributed by atoms with E-state index in [2.05, 4.69) is 19.6 Å². The van der Waals surface area contributed by atoms with Gasteiger partial charge in [-0.1, -0.05) is 11.2 Å². The van der Waals surface area contributed by atoms with E-state index < -0.39 is 17.0 Å². The highest BCUT2D eigenvalue weighted by Gasteiger charge is 2.38. The zero-order valence-electron chi connectivity index (χ0n) is 17.2. The van der Waals surface area contributed by atoms with Crippen molar-refractivity contribution in [3.05, 3.63) is 63.7 Å². The van der Waals surface area contributed by atoms with E-state index in [9.17, 15) is 28.1 Å². The monoisotopic (exact) mass is 462 g/mol. The number of rotatable bonds is 4. The van der Waals surface area contributed by atoms with Crippen LogP contribution >= 0.6 is 0 Å². The van der Waals surface area contributed by atoms with Crippen LogP contribution in [0.2, 0.25) is 0 Å². The number of nitrogens with zero attached hydrogens (tertiary/aromatic N) is 6. The van der Waals surface area contributed by atoms with Crippen molar-refractivity contribution in [3.8, 4) is 11.4 Å². The maximum Gasteiger partial charge on any atom is 0.471 e. The number of anilines is 1. The van der Waals surface area contributed by atoms with Gasteiger partial charge in [0.15, 0.2) is 0 Å². The Balaban J connectivity index is 1.41. The number of hydrogen-bond acceptors (Lipinski definition) is 8. The molecule has 1 aliphatic heterocycles. The topological polar surface area (TPSA) is 119 Å². The SMILES string of the molecule is Cc1c(C(=O)N2CCN(c3ccc(-c4noc(C(F)(F)F)n4)cn3)CC2)cccc1[N+](=O)[O-]. The van der Waals surface area contributed by atoms with Crippen LogP contribution < -0.4 is 4.90 Å². The third kappa shape index (κ3) is 4.47. The van der Waals surface area contributed by atoms with Gasteiger partial charge in [-0.2, -0.15) is 18.2 Å². The molecule has 0 atom stereocenters. The highest BCUT2D eigenvalue weighted by Crippen LogP contribution is 2.29. The largest absolute Gasteiger partial charge is 0.471 e. The first-order valence-corrected chi connectivity index (χ1v) is 9.80. The maximum absolute atomic E-state index is 12.9. The second kappa shape index (κ2) is 8.48. The molecule has 4 rings (SSSR count). The number of nitro groups is 1. The lowest BCUT2D eigenvalue weighted by molar-refractivity contribution is -0.385. The van der Waals surface area contributed by atoms with Gasteiger partial charge in [-0.15, -0.1) is 0 Å². The molecular weight excluding hydrogens is 445 g/mol. The van der Waals surface area contributed by atoms with Crippen molar-refractivity contribution in [2.45, 2.75) is 13.1 Å². The van der Waals surface area contributed by atoms with Crippen molar-refractivity contribution in [1.29, 1.82) is 0 Å². The predicted molar refractivity (Wildman–Crippen MR) is 108 cm³/mol. The summed E-state index contributed by atoms with van der Waals surface area (Å²) >= 11 is 0. The van der Waals surface area contributed by atoms with E-state index >= 15 is 0 Å². The number of amides is 1. The van der Waals surface area contributed by atoms with E-state index in [-0.39, 0.29) is 23.0 Å². The number of piperazine rings is 1. The van der Waals surface area contributed by atoms with E-state index in [0.29, 0.717) is 43.1 Å². The molecule has 0 saturated carbocycles. The average Bonchev–Trinajstić information content (AvgIpc) is 3.30. The van der Waals surface area contributed by atoms with Crippen molar-refractivity contribution in [2.75, 3.05) is 31.1 Å². The Kier molecular flexibility index (Phi) is 5.70. The third-order valence-electron chi connectivity index (χ3n) is 5.30. The van der Waals surface area contributed by atoms with Crippen molar-refractivity contribution >= 4 is 17.4 Å². The molecule has 1 fully saturated rings. The minimum Gasteiger partial charge on any atom is -0.353 e. The van der Waals surface area contributed by atoms with Gasteiger partial charge < -0.3 is 14.3 Å². The summed E-state index contributed by atoms with van der Waals surface area (Å²) in [6.45, 7) is 3.24. The number of carbonyl (C=O) groups excluding carboxylic acids is 1. The molecule has 0 N–H and O–H groups in total. The van der Waals surface area contributed by atoms with Crippen molar-refractivity contribution in [2.24, 2.45) is 0 Å². The fourth-order valence-corrected chi connectivity index (χ4v) is 3.52. The van der Waals surface area contributed by atoms with Crippen LogP contribution in [0.4, 0.5) is 24.7 Å². The highest BCUT2D eigenvalue weighted by molar-refractivity contribution is 5.96. The normalized spacial score (nSPS) is 14.4. The first-order chi connectivity index (χ1) is 15.6. The summed E-state index contributed by atoms with van der Waals surface area (Å²) in [7, 11) is 0. The number of nitro benzene ring substituents is 1. The molecule has 0 radical (unpaired) electrons. The molecule has 13 heteroatoms. The molecule has 1 aromatic carbocycles. The molecule has 1 aliphatic rings. The number of aromatic nitrogens is 3. The lowest BCUT2D eigenvalue weighted by atomic mass is 10.1. The van der Waals surface area contributed by atoms with Crippen LogP contribution in [0.5, 0.6) is 0 Å². The van der Waals surface area contributed by atoms with Crippen LogP contribution in [0.3, 0.4) is 0 Å². The van der Waals surface area contributed by atoms with E-state index in [4.69, 9.17) is 0 Å². The lowest BCUT2D eigenvalue weighted by Gasteiger charge is -2.35. The van der Waals surface area contributed by atoms with Gasteiger partial charge >= 0.3 is 12.1 Å². The van der Waals surface area contributed by atoms with Gasteiger partial charge in [-0.3, -0.25) is 14.9 Å². The minimum absolute atomic E-state index is 0.104. The van der Waals surface area contributed by atoms with Crippen LogP contribution in [0.1, 0.15) is 21.8 Å².